The molecule has 1 aliphatic carbocycles. The largest absolute Gasteiger partial charge is 0.481 e. The van der Waals surface area contributed by atoms with Gasteiger partial charge in [-0.3, -0.25) is 14.5 Å². The number of hydrogen-bond acceptors (Lipinski definition) is 3. The Morgan fingerprint density at radius 1 is 1.53 bits per heavy atom. The van der Waals surface area contributed by atoms with Crippen LogP contribution >= 0.6 is 0 Å². The second kappa shape index (κ2) is 5.11. The number of likely N-dealkylation sites (N-methyl/N-ethyl adjacent to an activating group) is 1. The number of carbonyl (C=O) groups excluding carboxylic acids is 1. The number of carbonyl (C=O) groups is 2. The van der Waals surface area contributed by atoms with E-state index < -0.39 is 11.9 Å². The number of carboxylic acids is 1. The maximum Gasteiger partial charge on any atom is 0.307 e. The van der Waals surface area contributed by atoms with Gasteiger partial charge in [0.1, 0.15) is 0 Å². The Labute approximate surface area is 89.4 Å². The second-order valence-electron chi connectivity index (χ2n) is 4.07. The summed E-state index contributed by atoms with van der Waals surface area (Å²) < 4.78 is 0. The predicted octanol–water partition coefficient (Wildman–Crippen LogP) is -0.0825. The summed E-state index contributed by atoms with van der Waals surface area (Å²) in [6.45, 7) is 2.42. The van der Waals surface area contributed by atoms with E-state index in [1.165, 1.54) is 0 Å². The Morgan fingerprint density at radius 2 is 2.13 bits per heavy atom. The van der Waals surface area contributed by atoms with Gasteiger partial charge in [0.15, 0.2) is 0 Å². The van der Waals surface area contributed by atoms with Gasteiger partial charge in [-0.1, -0.05) is 6.92 Å². The summed E-state index contributed by atoms with van der Waals surface area (Å²) in [6.07, 6.45) is 2.15. The summed E-state index contributed by atoms with van der Waals surface area (Å²) in [5.74, 6) is -1.28. The van der Waals surface area contributed by atoms with Crippen molar-refractivity contribution < 1.29 is 14.7 Å². The lowest BCUT2D eigenvalue weighted by atomic mass is 10.1. The molecule has 0 radical (unpaired) electrons. The van der Waals surface area contributed by atoms with Gasteiger partial charge >= 0.3 is 5.97 Å². The van der Waals surface area contributed by atoms with Gasteiger partial charge in [0, 0.05) is 19.6 Å². The fraction of sp³-hybridized carbons (Fsp3) is 0.800. The van der Waals surface area contributed by atoms with Crippen LogP contribution < -0.4 is 5.32 Å². The number of amides is 1. The zero-order valence-corrected chi connectivity index (χ0v) is 9.19. The van der Waals surface area contributed by atoms with E-state index in [4.69, 9.17) is 5.11 Å². The second-order valence-corrected chi connectivity index (χ2v) is 4.07. The topological polar surface area (TPSA) is 69.6 Å². The molecule has 0 aromatic heterocycles. The molecule has 0 spiro atoms. The normalized spacial score (nSPS) is 17.5. The van der Waals surface area contributed by atoms with Crippen LogP contribution in [0.15, 0.2) is 0 Å². The van der Waals surface area contributed by atoms with Crippen molar-refractivity contribution in [3.8, 4) is 0 Å². The Kier molecular flexibility index (Phi) is 4.08. The third-order valence-electron chi connectivity index (χ3n) is 2.62. The maximum atomic E-state index is 11.2. The standard InChI is InChI=1S/C10H18N2O3/c1-7(10(14)15)5-12(8-3-4-8)6-9(13)11-2/h7-8H,3-6H2,1-2H3,(H,11,13)(H,14,15). The third-order valence-corrected chi connectivity index (χ3v) is 2.62. The Balaban J connectivity index is 2.43. The monoisotopic (exact) mass is 214 g/mol. The highest BCUT2D eigenvalue weighted by Crippen LogP contribution is 2.27. The molecule has 1 aliphatic rings. The van der Waals surface area contributed by atoms with Crippen LogP contribution in [0.2, 0.25) is 0 Å². The highest BCUT2D eigenvalue weighted by Gasteiger charge is 2.31. The highest BCUT2D eigenvalue weighted by atomic mass is 16.4. The molecule has 1 rings (SSSR count). The average molecular weight is 214 g/mol. The average Bonchev–Trinajstić information content (AvgIpc) is 2.99. The maximum absolute atomic E-state index is 11.2. The Hall–Kier alpha value is -1.10. The fourth-order valence-electron chi connectivity index (χ4n) is 1.48. The van der Waals surface area contributed by atoms with E-state index in [0.717, 1.165) is 12.8 Å². The van der Waals surface area contributed by atoms with Crippen LogP contribution in [0.5, 0.6) is 0 Å². The first-order valence-corrected chi connectivity index (χ1v) is 5.22. The molecule has 1 saturated carbocycles. The molecule has 0 heterocycles. The molecule has 0 bridgehead atoms. The molecule has 0 aromatic carbocycles. The molecule has 5 heteroatoms. The molecule has 0 saturated heterocycles. The van der Waals surface area contributed by atoms with Gasteiger partial charge in [-0.2, -0.15) is 0 Å². The molecule has 0 aliphatic heterocycles. The molecular weight excluding hydrogens is 196 g/mol. The lowest BCUT2D eigenvalue weighted by molar-refractivity contribution is -0.142. The van der Waals surface area contributed by atoms with Gasteiger partial charge < -0.3 is 10.4 Å². The molecule has 1 unspecified atom stereocenters. The van der Waals surface area contributed by atoms with E-state index >= 15 is 0 Å². The SMILES string of the molecule is CNC(=O)CN(CC(C)C(=O)O)C1CC1. The van der Waals surface area contributed by atoms with Crippen molar-refractivity contribution in [3.63, 3.8) is 0 Å². The number of nitrogens with one attached hydrogen (secondary N) is 1. The van der Waals surface area contributed by atoms with E-state index in [2.05, 4.69) is 5.32 Å². The zero-order valence-electron chi connectivity index (χ0n) is 9.19. The number of rotatable bonds is 6. The van der Waals surface area contributed by atoms with Crippen LogP contribution in [0.4, 0.5) is 0 Å². The van der Waals surface area contributed by atoms with Crippen molar-refractivity contribution in [2.75, 3.05) is 20.1 Å². The number of nitrogens with zero attached hydrogens (tertiary/aromatic N) is 1. The van der Waals surface area contributed by atoms with Gasteiger partial charge in [0.2, 0.25) is 5.91 Å². The lowest BCUT2D eigenvalue weighted by Crippen LogP contribution is -2.40. The van der Waals surface area contributed by atoms with Crippen LogP contribution in [0, 0.1) is 5.92 Å². The summed E-state index contributed by atoms with van der Waals surface area (Å²) in [4.78, 5) is 23.9. The molecular formula is C10H18N2O3. The summed E-state index contributed by atoms with van der Waals surface area (Å²) >= 11 is 0. The van der Waals surface area contributed by atoms with Crippen molar-refractivity contribution >= 4 is 11.9 Å². The first-order valence-electron chi connectivity index (χ1n) is 5.22. The van der Waals surface area contributed by atoms with Gasteiger partial charge in [-0.25, -0.2) is 0 Å². The van der Waals surface area contributed by atoms with Gasteiger partial charge in [-0.05, 0) is 12.8 Å². The first-order chi connectivity index (χ1) is 7.04. The van der Waals surface area contributed by atoms with E-state index in [1.807, 2.05) is 4.90 Å². The van der Waals surface area contributed by atoms with Crippen molar-refractivity contribution in [1.29, 1.82) is 0 Å². The van der Waals surface area contributed by atoms with Gasteiger partial charge in [0.05, 0.1) is 12.5 Å². The quantitative estimate of drug-likeness (QED) is 0.648. The first kappa shape index (κ1) is 12.0. The van der Waals surface area contributed by atoms with Crippen molar-refractivity contribution in [1.82, 2.24) is 10.2 Å². The highest BCUT2D eigenvalue weighted by molar-refractivity contribution is 5.77. The predicted molar refractivity (Wildman–Crippen MR) is 55.5 cm³/mol. The molecule has 0 aromatic rings. The van der Waals surface area contributed by atoms with Crippen LogP contribution in [-0.2, 0) is 9.59 Å². The number of aliphatic carboxylic acids is 1. The van der Waals surface area contributed by atoms with Crippen LogP contribution in [0.3, 0.4) is 0 Å². The Morgan fingerprint density at radius 3 is 2.53 bits per heavy atom. The molecule has 15 heavy (non-hydrogen) atoms. The van der Waals surface area contributed by atoms with Crippen molar-refractivity contribution in [3.05, 3.63) is 0 Å². The number of carboxylic acid groups (broad SMARTS) is 1. The Bertz CT molecular complexity index is 251. The number of hydrogen-bond donors (Lipinski definition) is 2. The van der Waals surface area contributed by atoms with Gasteiger partial charge in [0.25, 0.3) is 0 Å². The third kappa shape index (κ3) is 3.87. The molecule has 1 amide bonds. The summed E-state index contributed by atoms with van der Waals surface area (Å²) in [5.41, 5.74) is 0. The van der Waals surface area contributed by atoms with Gasteiger partial charge in [-0.15, -0.1) is 0 Å². The zero-order chi connectivity index (χ0) is 11.4. The molecule has 2 N–H and O–H groups in total. The summed E-state index contributed by atoms with van der Waals surface area (Å²) in [5, 5.41) is 11.3. The van der Waals surface area contributed by atoms with E-state index in [0.29, 0.717) is 19.1 Å². The smallest absolute Gasteiger partial charge is 0.307 e. The van der Waals surface area contributed by atoms with E-state index in [-0.39, 0.29) is 5.91 Å². The minimum atomic E-state index is -0.808. The summed E-state index contributed by atoms with van der Waals surface area (Å²) in [7, 11) is 1.59. The molecule has 1 fully saturated rings. The van der Waals surface area contributed by atoms with Crippen molar-refractivity contribution in [2.45, 2.75) is 25.8 Å². The van der Waals surface area contributed by atoms with Crippen LogP contribution in [0.25, 0.3) is 0 Å². The molecule has 86 valence electrons. The summed E-state index contributed by atoms with van der Waals surface area (Å²) in [6, 6.07) is 0.407. The lowest BCUT2D eigenvalue weighted by Gasteiger charge is -2.22. The molecule has 5 nitrogen and oxygen atoms in total. The minimum Gasteiger partial charge on any atom is -0.481 e. The minimum absolute atomic E-state index is 0.0560. The van der Waals surface area contributed by atoms with Crippen molar-refractivity contribution in [2.24, 2.45) is 5.92 Å². The van der Waals surface area contributed by atoms with Crippen LogP contribution in [0.1, 0.15) is 19.8 Å². The van der Waals surface area contributed by atoms with Crippen LogP contribution in [-0.4, -0.2) is 48.1 Å². The van der Waals surface area contributed by atoms with E-state index in [9.17, 15) is 9.59 Å². The van der Waals surface area contributed by atoms with E-state index in [1.54, 1.807) is 14.0 Å². The molecule has 1 atom stereocenters. The fourth-order valence-corrected chi connectivity index (χ4v) is 1.48.